The quantitative estimate of drug-likeness (QED) is 0.614. The standard InChI is InChI=1S/C22H22N2O4/c1-2-27-18-10-8-17(9-11-18)22(26)24-23-21(25)15-13-19-12-14-20(28-19)16-6-4-3-5-7-16/h3-12,14H,2,13,15H2,1H3,(H,23,25)(H,24,26). The zero-order chi connectivity index (χ0) is 19.8. The molecule has 0 unspecified atom stereocenters. The Kier molecular flexibility index (Phi) is 6.46. The number of nitrogens with one attached hydrogen (secondary N) is 2. The lowest BCUT2D eigenvalue weighted by atomic mass is 10.2. The fraction of sp³-hybridized carbons (Fsp3) is 0.182. The van der Waals surface area contributed by atoms with Gasteiger partial charge in [0.25, 0.3) is 5.91 Å². The van der Waals surface area contributed by atoms with Crippen molar-refractivity contribution in [3.8, 4) is 17.1 Å². The summed E-state index contributed by atoms with van der Waals surface area (Å²) in [5, 5.41) is 0. The number of hydrogen-bond donors (Lipinski definition) is 2. The van der Waals surface area contributed by atoms with Crippen molar-refractivity contribution in [1.29, 1.82) is 0 Å². The van der Waals surface area contributed by atoms with Crippen molar-refractivity contribution in [3.05, 3.63) is 78.1 Å². The van der Waals surface area contributed by atoms with E-state index in [1.807, 2.05) is 49.4 Å². The number of ether oxygens (including phenoxy) is 1. The topological polar surface area (TPSA) is 80.6 Å². The van der Waals surface area contributed by atoms with Crippen LogP contribution in [0.15, 0.2) is 71.1 Å². The lowest BCUT2D eigenvalue weighted by molar-refractivity contribution is -0.121. The normalized spacial score (nSPS) is 10.3. The van der Waals surface area contributed by atoms with E-state index in [0.29, 0.717) is 30.1 Å². The van der Waals surface area contributed by atoms with Crippen LogP contribution in [0.5, 0.6) is 5.75 Å². The first-order valence-corrected chi connectivity index (χ1v) is 9.12. The molecule has 0 saturated heterocycles. The summed E-state index contributed by atoms with van der Waals surface area (Å²) in [6.07, 6.45) is 0.642. The van der Waals surface area contributed by atoms with E-state index in [9.17, 15) is 9.59 Å². The largest absolute Gasteiger partial charge is 0.494 e. The van der Waals surface area contributed by atoms with E-state index in [0.717, 1.165) is 11.3 Å². The van der Waals surface area contributed by atoms with Gasteiger partial charge in [0.1, 0.15) is 17.3 Å². The summed E-state index contributed by atoms with van der Waals surface area (Å²) in [4.78, 5) is 24.0. The number of furan rings is 1. The Balaban J connectivity index is 1.44. The van der Waals surface area contributed by atoms with Crippen LogP contribution in [0.1, 0.15) is 29.5 Å². The maximum absolute atomic E-state index is 12.1. The zero-order valence-electron chi connectivity index (χ0n) is 15.6. The lowest BCUT2D eigenvalue weighted by Crippen LogP contribution is -2.41. The number of carbonyl (C=O) groups excluding carboxylic acids is 2. The molecular formula is C22H22N2O4. The van der Waals surface area contributed by atoms with Crippen molar-refractivity contribution in [2.24, 2.45) is 0 Å². The summed E-state index contributed by atoms with van der Waals surface area (Å²) >= 11 is 0. The second-order valence-electron chi connectivity index (χ2n) is 6.09. The molecule has 0 aliphatic rings. The van der Waals surface area contributed by atoms with E-state index >= 15 is 0 Å². The first-order chi connectivity index (χ1) is 13.7. The smallest absolute Gasteiger partial charge is 0.269 e. The van der Waals surface area contributed by atoms with Crippen LogP contribution in [0.25, 0.3) is 11.3 Å². The van der Waals surface area contributed by atoms with Gasteiger partial charge >= 0.3 is 0 Å². The first-order valence-electron chi connectivity index (χ1n) is 9.12. The molecule has 2 aromatic carbocycles. The maximum atomic E-state index is 12.1. The third kappa shape index (κ3) is 5.23. The molecular weight excluding hydrogens is 356 g/mol. The molecule has 6 nitrogen and oxygen atoms in total. The number of benzene rings is 2. The van der Waals surface area contributed by atoms with Gasteiger partial charge in [-0.3, -0.25) is 20.4 Å². The molecule has 3 rings (SSSR count). The van der Waals surface area contributed by atoms with Gasteiger partial charge in [-0.25, -0.2) is 0 Å². The number of amides is 2. The van der Waals surface area contributed by atoms with Crippen molar-refractivity contribution in [2.75, 3.05) is 6.61 Å². The van der Waals surface area contributed by atoms with Gasteiger partial charge in [-0.2, -0.15) is 0 Å². The van der Waals surface area contributed by atoms with Gasteiger partial charge in [-0.05, 0) is 43.3 Å². The van der Waals surface area contributed by atoms with E-state index in [1.165, 1.54) is 0 Å². The van der Waals surface area contributed by atoms with E-state index < -0.39 is 0 Å². The van der Waals surface area contributed by atoms with E-state index in [2.05, 4.69) is 10.9 Å². The number of carbonyl (C=O) groups is 2. The van der Waals surface area contributed by atoms with Crippen LogP contribution < -0.4 is 15.6 Å². The fourth-order valence-corrected chi connectivity index (χ4v) is 2.64. The molecule has 0 aliphatic heterocycles. The molecule has 6 heteroatoms. The van der Waals surface area contributed by atoms with Crippen molar-refractivity contribution < 1.29 is 18.7 Å². The minimum Gasteiger partial charge on any atom is -0.494 e. The van der Waals surface area contributed by atoms with E-state index in [1.54, 1.807) is 24.3 Å². The summed E-state index contributed by atoms with van der Waals surface area (Å²) < 4.78 is 11.1. The molecule has 28 heavy (non-hydrogen) atoms. The summed E-state index contributed by atoms with van der Waals surface area (Å²) in [7, 11) is 0. The number of aryl methyl sites for hydroxylation is 1. The van der Waals surface area contributed by atoms with Crippen LogP contribution in [0.3, 0.4) is 0 Å². The average Bonchev–Trinajstić information content (AvgIpc) is 3.21. The lowest BCUT2D eigenvalue weighted by Gasteiger charge is -2.08. The molecule has 2 N–H and O–H groups in total. The number of hydrazine groups is 1. The minimum atomic E-state index is -0.388. The molecule has 0 aliphatic carbocycles. The van der Waals surface area contributed by atoms with Gasteiger partial charge in [-0.15, -0.1) is 0 Å². The molecule has 0 atom stereocenters. The summed E-state index contributed by atoms with van der Waals surface area (Å²) in [5.74, 6) is 1.49. The molecule has 144 valence electrons. The molecule has 1 heterocycles. The maximum Gasteiger partial charge on any atom is 0.269 e. The molecule has 1 aromatic heterocycles. The fourth-order valence-electron chi connectivity index (χ4n) is 2.64. The van der Waals surface area contributed by atoms with Gasteiger partial charge in [0.2, 0.25) is 5.91 Å². The molecule has 0 spiro atoms. The zero-order valence-corrected chi connectivity index (χ0v) is 15.6. The van der Waals surface area contributed by atoms with Crippen LogP contribution in [-0.2, 0) is 11.2 Å². The van der Waals surface area contributed by atoms with Crippen molar-refractivity contribution in [1.82, 2.24) is 10.9 Å². The van der Waals surface area contributed by atoms with Crippen LogP contribution >= 0.6 is 0 Å². The highest BCUT2D eigenvalue weighted by Gasteiger charge is 2.10. The second kappa shape index (κ2) is 9.41. The Morgan fingerprint density at radius 3 is 2.39 bits per heavy atom. The highest BCUT2D eigenvalue weighted by Crippen LogP contribution is 2.22. The molecule has 0 bridgehead atoms. The van der Waals surface area contributed by atoms with E-state index in [4.69, 9.17) is 9.15 Å². The van der Waals surface area contributed by atoms with Crippen molar-refractivity contribution in [2.45, 2.75) is 19.8 Å². The second-order valence-corrected chi connectivity index (χ2v) is 6.09. The first kappa shape index (κ1) is 19.2. The van der Waals surface area contributed by atoms with Crippen LogP contribution in [0.4, 0.5) is 0 Å². The SMILES string of the molecule is CCOc1ccc(C(=O)NNC(=O)CCc2ccc(-c3ccccc3)o2)cc1. The van der Waals surface area contributed by atoms with Gasteiger partial charge in [0, 0.05) is 24.0 Å². The van der Waals surface area contributed by atoms with Crippen LogP contribution in [0, 0.1) is 0 Å². The Bertz CT molecular complexity index is 917. The third-order valence-electron chi connectivity index (χ3n) is 4.06. The highest BCUT2D eigenvalue weighted by atomic mass is 16.5. The molecule has 2 amide bonds. The summed E-state index contributed by atoms with van der Waals surface area (Å²) in [6.45, 7) is 2.45. The minimum absolute atomic E-state index is 0.200. The summed E-state index contributed by atoms with van der Waals surface area (Å²) in [5.41, 5.74) is 6.25. The van der Waals surface area contributed by atoms with Gasteiger partial charge in [-0.1, -0.05) is 30.3 Å². The van der Waals surface area contributed by atoms with E-state index in [-0.39, 0.29) is 18.2 Å². The third-order valence-corrected chi connectivity index (χ3v) is 4.06. The van der Waals surface area contributed by atoms with Crippen molar-refractivity contribution >= 4 is 11.8 Å². The Labute approximate surface area is 163 Å². The Morgan fingerprint density at radius 1 is 0.929 bits per heavy atom. The average molecular weight is 378 g/mol. The number of hydrogen-bond acceptors (Lipinski definition) is 4. The van der Waals surface area contributed by atoms with Gasteiger partial charge in [0.15, 0.2) is 0 Å². The molecule has 0 radical (unpaired) electrons. The predicted octanol–water partition coefficient (Wildman–Crippen LogP) is 3.74. The molecule has 3 aromatic rings. The summed E-state index contributed by atoms with van der Waals surface area (Å²) in [6, 6.07) is 20.2. The predicted molar refractivity (Wildman–Crippen MR) is 106 cm³/mol. The Hall–Kier alpha value is -3.54. The molecule has 0 fully saturated rings. The van der Waals surface area contributed by atoms with Crippen molar-refractivity contribution in [3.63, 3.8) is 0 Å². The van der Waals surface area contributed by atoms with Gasteiger partial charge < -0.3 is 9.15 Å². The molecule has 0 saturated carbocycles. The monoisotopic (exact) mass is 378 g/mol. The highest BCUT2D eigenvalue weighted by molar-refractivity contribution is 5.95. The van der Waals surface area contributed by atoms with Gasteiger partial charge in [0.05, 0.1) is 6.61 Å². The van der Waals surface area contributed by atoms with Crippen LogP contribution in [0.2, 0.25) is 0 Å². The number of rotatable bonds is 7. The Morgan fingerprint density at radius 2 is 1.68 bits per heavy atom. The van der Waals surface area contributed by atoms with Crippen LogP contribution in [-0.4, -0.2) is 18.4 Å².